The Balaban J connectivity index is 1.50. The Morgan fingerprint density at radius 2 is 1.62 bits per heavy atom. The third-order valence-corrected chi connectivity index (χ3v) is 4.89. The van der Waals surface area contributed by atoms with Crippen molar-refractivity contribution in [2.24, 2.45) is 0 Å². The van der Waals surface area contributed by atoms with Gasteiger partial charge in [-0.1, -0.05) is 18.2 Å². The lowest BCUT2D eigenvalue weighted by atomic mass is 10.0. The molecule has 4 aromatic rings. The maximum absolute atomic E-state index is 8.93. The fourth-order valence-corrected chi connectivity index (χ4v) is 3.33. The first-order chi connectivity index (χ1) is 15.6. The zero-order valence-electron chi connectivity index (χ0n) is 17.9. The van der Waals surface area contributed by atoms with Gasteiger partial charge in [0.25, 0.3) is 0 Å². The highest BCUT2D eigenvalue weighted by Crippen LogP contribution is 2.27. The second-order valence-electron chi connectivity index (χ2n) is 7.35. The molecule has 0 aliphatic heterocycles. The van der Waals surface area contributed by atoms with E-state index in [0.29, 0.717) is 17.3 Å². The van der Waals surface area contributed by atoms with Crippen LogP contribution >= 0.6 is 0 Å². The van der Waals surface area contributed by atoms with E-state index in [1.54, 1.807) is 24.5 Å². The van der Waals surface area contributed by atoms with Gasteiger partial charge in [0.05, 0.1) is 11.6 Å². The van der Waals surface area contributed by atoms with Crippen molar-refractivity contribution >= 4 is 35.3 Å². The standard InChI is InChI=1S/C26H22N6/c1-18-14-22(6-5-21-4-3-12-28-17-21)15-19(2)25(18)31-24-11-13-29-26(32-24)30-23-9-7-20(16-27)8-10-23/h3-15,17H,1-2H3,(H2,29,30,31,32)/b6-5+. The third kappa shape index (κ3) is 5.15. The minimum Gasteiger partial charge on any atom is -0.340 e. The Kier molecular flexibility index (Phi) is 6.19. The summed E-state index contributed by atoms with van der Waals surface area (Å²) >= 11 is 0. The maximum atomic E-state index is 8.93. The second-order valence-corrected chi connectivity index (χ2v) is 7.35. The molecule has 2 aromatic heterocycles. The first kappa shape index (κ1) is 20.8. The van der Waals surface area contributed by atoms with E-state index < -0.39 is 0 Å². The Labute approximate surface area is 187 Å². The highest BCUT2D eigenvalue weighted by atomic mass is 15.1. The number of anilines is 4. The highest BCUT2D eigenvalue weighted by molar-refractivity contribution is 5.74. The summed E-state index contributed by atoms with van der Waals surface area (Å²) in [5.74, 6) is 1.17. The second kappa shape index (κ2) is 9.54. The molecular weight excluding hydrogens is 396 g/mol. The van der Waals surface area contributed by atoms with E-state index in [1.165, 1.54) is 0 Å². The lowest BCUT2D eigenvalue weighted by Gasteiger charge is -2.14. The van der Waals surface area contributed by atoms with Crippen molar-refractivity contribution < 1.29 is 0 Å². The quantitative estimate of drug-likeness (QED) is 0.398. The summed E-state index contributed by atoms with van der Waals surface area (Å²) in [6.07, 6.45) is 9.46. The number of hydrogen-bond acceptors (Lipinski definition) is 6. The van der Waals surface area contributed by atoms with Crippen molar-refractivity contribution in [3.05, 3.63) is 101 Å². The van der Waals surface area contributed by atoms with Gasteiger partial charge in [0.1, 0.15) is 5.82 Å². The zero-order valence-corrected chi connectivity index (χ0v) is 17.9. The number of nitriles is 1. The smallest absolute Gasteiger partial charge is 0.229 e. The topological polar surface area (TPSA) is 86.5 Å². The van der Waals surface area contributed by atoms with Crippen molar-refractivity contribution in [3.63, 3.8) is 0 Å². The Hall–Kier alpha value is -4.50. The molecule has 0 atom stereocenters. The van der Waals surface area contributed by atoms with E-state index >= 15 is 0 Å². The summed E-state index contributed by atoms with van der Waals surface area (Å²) < 4.78 is 0. The van der Waals surface area contributed by atoms with E-state index in [0.717, 1.165) is 33.6 Å². The fraction of sp³-hybridized carbons (Fsp3) is 0.0769. The highest BCUT2D eigenvalue weighted by Gasteiger charge is 2.07. The molecule has 0 spiro atoms. The summed E-state index contributed by atoms with van der Waals surface area (Å²) in [6, 6.07) is 19.3. The van der Waals surface area contributed by atoms with Crippen molar-refractivity contribution in [2.45, 2.75) is 13.8 Å². The van der Waals surface area contributed by atoms with Crippen LogP contribution in [-0.2, 0) is 0 Å². The van der Waals surface area contributed by atoms with Crippen LogP contribution in [0.1, 0.15) is 27.8 Å². The van der Waals surface area contributed by atoms with Gasteiger partial charge in [0.2, 0.25) is 5.95 Å². The molecule has 0 radical (unpaired) electrons. The predicted molar refractivity (Wildman–Crippen MR) is 129 cm³/mol. The van der Waals surface area contributed by atoms with E-state index in [-0.39, 0.29) is 0 Å². The Morgan fingerprint density at radius 1 is 0.875 bits per heavy atom. The van der Waals surface area contributed by atoms with Crippen LogP contribution in [0.15, 0.2) is 73.2 Å². The van der Waals surface area contributed by atoms with Gasteiger partial charge >= 0.3 is 0 Å². The van der Waals surface area contributed by atoms with Gasteiger partial charge in [-0.3, -0.25) is 4.98 Å². The molecule has 0 amide bonds. The normalized spacial score (nSPS) is 10.7. The molecule has 2 heterocycles. The van der Waals surface area contributed by atoms with Crippen molar-refractivity contribution in [1.82, 2.24) is 15.0 Å². The summed E-state index contributed by atoms with van der Waals surface area (Å²) in [4.78, 5) is 13.0. The number of nitrogens with one attached hydrogen (secondary N) is 2. The first-order valence-corrected chi connectivity index (χ1v) is 10.2. The van der Waals surface area contributed by atoms with Crippen LogP contribution < -0.4 is 10.6 Å². The summed E-state index contributed by atoms with van der Waals surface area (Å²) in [6.45, 7) is 4.15. The summed E-state index contributed by atoms with van der Waals surface area (Å²) in [7, 11) is 0. The molecule has 6 nitrogen and oxygen atoms in total. The molecule has 0 saturated carbocycles. The molecular formula is C26H22N6. The van der Waals surface area contributed by atoms with Crippen LogP contribution in [0.25, 0.3) is 12.2 Å². The Bertz CT molecular complexity index is 1270. The summed E-state index contributed by atoms with van der Waals surface area (Å²) in [5, 5.41) is 15.5. The number of hydrogen-bond donors (Lipinski definition) is 2. The average Bonchev–Trinajstić information content (AvgIpc) is 2.81. The molecule has 2 N–H and O–H groups in total. The van der Waals surface area contributed by atoms with Crippen LogP contribution in [0.2, 0.25) is 0 Å². The number of aryl methyl sites for hydroxylation is 2. The molecule has 2 aromatic carbocycles. The van der Waals surface area contributed by atoms with Gasteiger partial charge < -0.3 is 10.6 Å². The van der Waals surface area contributed by atoms with Crippen LogP contribution in [0.3, 0.4) is 0 Å². The van der Waals surface area contributed by atoms with Crippen LogP contribution in [0.5, 0.6) is 0 Å². The predicted octanol–water partition coefficient (Wildman–Crippen LogP) is 6.02. The van der Waals surface area contributed by atoms with E-state index in [2.05, 4.69) is 69.8 Å². The van der Waals surface area contributed by atoms with Gasteiger partial charge in [-0.05, 0) is 84.6 Å². The molecule has 0 aliphatic carbocycles. The van der Waals surface area contributed by atoms with Gasteiger partial charge in [-0.25, -0.2) is 4.98 Å². The lowest BCUT2D eigenvalue weighted by Crippen LogP contribution is -2.02. The molecule has 156 valence electrons. The van der Waals surface area contributed by atoms with Gasteiger partial charge in [-0.15, -0.1) is 0 Å². The van der Waals surface area contributed by atoms with Crippen molar-refractivity contribution in [1.29, 1.82) is 5.26 Å². The number of rotatable bonds is 6. The zero-order chi connectivity index (χ0) is 22.3. The molecule has 0 saturated heterocycles. The van der Waals surface area contributed by atoms with Crippen molar-refractivity contribution in [2.75, 3.05) is 10.6 Å². The average molecular weight is 419 g/mol. The lowest BCUT2D eigenvalue weighted by molar-refractivity contribution is 1.16. The molecule has 0 aliphatic rings. The number of nitrogens with zero attached hydrogens (tertiary/aromatic N) is 4. The Morgan fingerprint density at radius 3 is 2.31 bits per heavy atom. The van der Waals surface area contributed by atoms with Crippen LogP contribution in [0.4, 0.5) is 23.1 Å². The van der Waals surface area contributed by atoms with Crippen molar-refractivity contribution in [3.8, 4) is 6.07 Å². The molecule has 4 rings (SSSR count). The molecule has 32 heavy (non-hydrogen) atoms. The fourth-order valence-electron chi connectivity index (χ4n) is 3.33. The van der Waals surface area contributed by atoms with E-state index in [9.17, 15) is 0 Å². The first-order valence-electron chi connectivity index (χ1n) is 10.2. The third-order valence-electron chi connectivity index (χ3n) is 4.89. The van der Waals surface area contributed by atoms with E-state index in [4.69, 9.17) is 5.26 Å². The van der Waals surface area contributed by atoms with E-state index in [1.807, 2.05) is 36.5 Å². The maximum Gasteiger partial charge on any atom is 0.229 e. The monoisotopic (exact) mass is 418 g/mol. The van der Waals surface area contributed by atoms with Crippen LogP contribution in [-0.4, -0.2) is 15.0 Å². The number of benzene rings is 2. The number of aromatic nitrogens is 3. The van der Waals surface area contributed by atoms with Gasteiger partial charge in [0.15, 0.2) is 0 Å². The minimum absolute atomic E-state index is 0.478. The van der Waals surface area contributed by atoms with Crippen LogP contribution in [0, 0.1) is 25.2 Å². The van der Waals surface area contributed by atoms with Gasteiger partial charge in [0, 0.05) is 30.0 Å². The molecule has 0 fully saturated rings. The molecule has 0 bridgehead atoms. The molecule has 6 heteroatoms. The summed E-state index contributed by atoms with van der Waals surface area (Å²) in [5.41, 5.74) is 6.88. The number of pyridine rings is 1. The van der Waals surface area contributed by atoms with Gasteiger partial charge in [-0.2, -0.15) is 10.2 Å². The minimum atomic E-state index is 0.478. The molecule has 0 unspecified atom stereocenters. The largest absolute Gasteiger partial charge is 0.340 e. The SMILES string of the molecule is Cc1cc(/C=C/c2cccnc2)cc(C)c1Nc1ccnc(Nc2ccc(C#N)cc2)n1.